The second-order valence-electron chi connectivity index (χ2n) is 5.26. The van der Waals surface area contributed by atoms with E-state index in [1.54, 1.807) is 16.2 Å². The third kappa shape index (κ3) is 2.95. The fourth-order valence-electron chi connectivity index (χ4n) is 2.83. The van der Waals surface area contributed by atoms with Crippen LogP contribution in [0.4, 0.5) is 13.2 Å². The van der Waals surface area contributed by atoms with E-state index in [0.29, 0.717) is 6.54 Å². The van der Waals surface area contributed by atoms with Gasteiger partial charge in [-0.05, 0) is 29.9 Å². The van der Waals surface area contributed by atoms with Gasteiger partial charge in [0.05, 0.1) is 11.6 Å². The molecule has 3 rings (SSSR count). The molecule has 1 amide bonds. The van der Waals surface area contributed by atoms with Gasteiger partial charge in [-0.1, -0.05) is 6.92 Å². The molecular weight excluding hydrogens is 327 g/mol. The van der Waals surface area contributed by atoms with Gasteiger partial charge in [0.2, 0.25) is 5.82 Å². The van der Waals surface area contributed by atoms with Gasteiger partial charge < -0.3 is 4.90 Å². The molecule has 4 nitrogen and oxygen atoms in total. The number of rotatable bonds is 2. The first-order chi connectivity index (χ1) is 10.9. The summed E-state index contributed by atoms with van der Waals surface area (Å²) in [6.07, 6.45) is -1.19. The van der Waals surface area contributed by atoms with Crippen LogP contribution in [0.3, 0.4) is 0 Å². The topological polar surface area (TPSA) is 46.1 Å². The zero-order valence-corrected chi connectivity index (χ0v) is 13.1. The van der Waals surface area contributed by atoms with Gasteiger partial charge in [-0.2, -0.15) is 13.2 Å². The lowest BCUT2D eigenvalue weighted by molar-refractivity contribution is -0.145. The number of fused-ring (bicyclic) bond motifs is 1. The molecule has 122 valence electrons. The molecule has 1 atom stereocenters. The van der Waals surface area contributed by atoms with E-state index in [4.69, 9.17) is 0 Å². The van der Waals surface area contributed by atoms with Gasteiger partial charge >= 0.3 is 6.18 Å². The minimum atomic E-state index is -4.61. The van der Waals surface area contributed by atoms with Crippen LogP contribution in [0.1, 0.15) is 46.0 Å². The zero-order chi connectivity index (χ0) is 16.6. The maximum absolute atomic E-state index is 12.6. The average Bonchev–Trinajstić information content (AvgIpc) is 3.01. The lowest BCUT2D eigenvalue weighted by Crippen LogP contribution is -2.39. The van der Waals surface area contributed by atoms with Crippen LogP contribution in [0.25, 0.3) is 0 Å². The van der Waals surface area contributed by atoms with E-state index < -0.39 is 12.0 Å². The third-order valence-corrected chi connectivity index (χ3v) is 4.89. The number of hydrogen-bond acceptors (Lipinski definition) is 4. The highest BCUT2D eigenvalue weighted by Gasteiger charge is 2.35. The third-order valence-electron chi connectivity index (χ3n) is 3.89. The van der Waals surface area contributed by atoms with E-state index in [-0.39, 0.29) is 17.5 Å². The van der Waals surface area contributed by atoms with Gasteiger partial charge in [0.1, 0.15) is 0 Å². The van der Waals surface area contributed by atoms with E-state index in [1.807, 2.05) is 18.4 Å². The van der Waals surface area contributed by atoms with Gasteiger partial charge in [-0.25, -0.2) is 9.97 Å². The first-order valence-corrected chi connectivity index (χ1v) is 8.06. The number of carbonyl (C=O) groups excluding carboxylic acids is 1. The Labute approximate surface area is 135 Å². The van der Waals surface area contributed by atoms with Crippen molar-refractivity contribution in [1.29, 1.82) is 0 Å². The van der Waals surface area contributed by atoms with Crippen molar-refractivity contribution >= 4 is 17.2 Å². The first-order valence-electron chi connectivity index (χ1n) is 7.18. The number of amides is 1. The van der Waals surface area contributed by atoms with Crippen molar-refractivity contribution in [3.63, 3.8) is 0 Å². The van der Waals surface area contributed by atoms with Crippen molar-refractivity contribution in [2.24, 2.45) is 0 Å². The van der Waals surface area contributed by atoms with Crippen molar-refractivity contribution in [3.05, 3.63) is 45.7 Å². The lowest BCUT2D eigenvalue weighted by Gasteiger charge is -2.35. The van der Waals surface area contributed by atoms with Crippen LogP contribution in [0.2, 0.25) is 0 Å². The molecule has 0 spiro atoms. The summed E-state index contributed by atoms with van der Waals surface area (Å²) >= 11 is 1.67. The molecule has 0 saturated carbocycles. The summed E-state index contributed by atoms with van der Waals surface area (Å²) in [5.41, 5.74) is 1.21. The summed E-state index contributed by atoms with van der Waals surface area (Å²) in [4.78, 5) is 22.1. The molecule has 1 aliphatic heterocycles. The van der Waals surface area contributed by atoms with Crippen molar-refractivity contribution < 1.29 is 18.0 Å². The largest absolute Gasteiger partial charge is 0.451 e. The van der Waals surface area contributed by atoms with Crippen molar-refractivity contribution in [1.82, 2.24) is 14.9 Å². The molecule has 8 heteroatoms. The molecule has 2 aromatic rings. The van der Waals surface area contributed by atoms with E-state index in [2.05, 4.69) is 9.97 Å². The monoisotopic (exact) mass is 341 g/mol. The Balaban J connectivity index is 1.86. The fourth-order valence-corrected chi connectivity index (χ4v) is 3.76. The minimum absolute atomic E-state index is 0.0557. The van der Waals surface area contributed by atoms with Crippen molar-refractivity contribution in [3.8, 4) is 0 Å². The second kappa shape index (κ2) is 5.92. The Morgan fingerprint density at radius 3 is 2.70 bits per heavy atom. The summed E-state index contributed by atoms with van der Waals surface area (Å²) in [5, 5.41) is 2.00. The maximum atomic E-state index is 12.6. The molecule has 0 bridgehead atoms. The molecule has 1 unspecified atom stereocenters. The maximum Gasteiger partial charge on any atom is 0.451 e. The number of nitrogens with zero attached hydrogens (tertiary/aromatic N) is 3. The van der Waals surface area contributed by atoms with E-state index >= 15 is 0 Å². The molecule has 23 heavy (non-hydrogen) atoms. The molecule has 0 fully saturated rings. The number of aromatic nitrogens is 2. The predicted octanol–water partition coefficient (Wildman–Crippen LogP) is 3.71. The Kier molecular flexibility index (Phi) is 4.09. The van der Waals surface area contributed by atoms with Crippen LogP contribution < -0.4 is 0 Å². The lowest BCUT2D eigenvalue weighted by atomic mass is 9.97. The Bertz CT molecular complexity index is 712. The molecule has 2 aromatic heterocycles. The number of hydrogen-bond donors (Lipinski definition) is 0. The number of thiophene rings is 1. The Hall–Kier alpha value is -1.96. The van der Waals surface area contributed by atoms with Crippen LogP contribution >= 0.6 is 11.3 Å². The summed E-state index contributed by atoms with van der Waals surface area (Å²) in [5.74, 6) is -1.57. The van der Waals surface area contributed by atoms with Gasteiger partial charge in [0.25, 0.3) is 5.91 Å². The molecule has 1 aliphatic rings. The minimum Gasteiger partial charge on any atom is -0.331 e. The summed E-state index contributed by atoms with van der Waals surface area (Å²) < 4.78 is 37.5. The highest BCUT2D eigenvalue weighted by Crippen LogP contribution is 2.36. The predicted molar refractivity (Wildman–Crippen MR) is 79.1 cm³/mol. The molecule has 0 aliphatic carbocycles. The van der Waals surface area contributed by atoms with Gasteiger partial charge in [0, 0.05) is 23.8 Å². The molecule has 0 radical (unpaired) electrons. The number of halogens is 3. The smallest absolute Gasteiger partial charge is 0.331 e. The second-order valence-corrected chi connectivity index (χ2v) is 6.27. The number of alkyl halides is 3. The highest BCUT2D eigenvalue weighted by molar-refractivity contribution is 7.10. The van der Waals surface area contributed by atoms with E-state index in [1.165, 1.54) is 4.88 Å². The standard InChI is InChI=1S/C15H14F3N3OS/c1-2-11-10-4-6-23-12(10)3-5-21(11)13(22)9-7-19-14(20-8-9)15(16,17)18/h4,6-8,11H,2-3,5H2,1H3. The van der Waals surface area contributed by atoms with Gasteiger partial charge in [0.15, 0.2) is 0 Å². The van der Waals surface area contributed by atoms with Gasteiger partial charge in [-0.15, -0.1) is 11.3 Å². The average molecular weight is 341 g/mol. The quantitative estimate of drug-likeness (QED) is 0.837. The summed E-state index contributed by atoms with van der Waals surface area (Å²) in [7, 11) is 0. The first kappa shape index (κ1) is 15.9. The van der Waals surface area contributed by atoms with Crippen LogP contribution in [0.5, 0.6) is 0 Å². The Morgan fingerprint density at radius 2 is 2.09 bits per heavy atom. The normalized spacial score (nSPS) is 17.9. The highest BCUT2D eigenvalue weighted by atomic mass is 32.1. The van der Waals surface area contributed by atoms with Crippen LogP contribution in [0, 0.1) is 0 Å². The zero-order valence-electron chi connectivity index (χ0n) is 12.3. The van der Waals surface area contributed by atoms with Crippen molar-refractivity contribution in [2.75, 3.05) is 6.54 Å². The molecular formula is C15H14F3N3OS. The van der Waals surface area contributed by atoms with Crippen LogP contribution in [-0.4, -0.2) is 27.3 Å². The van der Waals surface area contributed by atoms with Gasteiger partial charge in [-0.3, -0.25) is 4.79 Å². The fraction of sp³-hybridized carbons (Fsp3) is 0.400. The van der Waals surface area contributed by atoms with E-state index in [9.17, 15) is 18.0 Å². The SMILES string of the molecule is CCC1c2ccsc2CCN1C(=O)c1cnc(C(F)(F)F)nc1. The molecule has 0 aromatic carbocycles. The van der Waals surface area contributed by atoms with Crippen molar-refractivity contribution in [2.45, 2.75) is 32.0 Å². The summed E-state index contributed by atoms with van der Waals surface area (Å²) in [6, 6.07) is 1.96. The number of carbonyl (C=O) groups is 1. The van der Waals surface area contributed by atoms with Crippen LogP contribution in [-0.2, 0) is 12.6 Å². The summed E-state index contributed by atoms with van der Waals surface area (Å²) in [6.45, 7) is 2.53. The molecule has 3 heterocycles. The van der Waals surface area contributed by atoms with Crippen LogP contribution in [0.15, 0.2) is 23.8 Å². The molecule has 0 N–H and O–H groups in total. The molecule has 0 saturated heterocycles. The Morgan fingerprint density at radius 1 is 1.39 bits per heavy atom. The van der Waals surface area contributed by atoms with E-state index in [0.717, 1.165) is 30.8 Å².